The van der Waals surface area contributed by atoms with Gasteiger partial charge in [0.1, 0.15) is 0 Å². The molecule has 1 aliphatic rings. The SMILES string of the molecule is COC(=O)c1ccccc1-n1cccc1[C@H]1[C@H](c2ccccn2)NC(=S)N1Cc1ccccc1. The lowest BCUT2D eigenvalue weighted by molar-refractivity contribution is 0.0600. The summed E-state index contributed by atoms with van der Waals surface area (Å²) in [4.78, 5) is 19.3. The molecule has 1 saturated heterocycles. The van der Waals surface area contributed by atoms with Crippen LogP contribution in [0.5, 0.6) is 0 Å². The first-order valence-electron chi connectivity index (χ1n) is 11.0. The van der Waals surface area contributed by atoms with E-state index >= 15 is 0 Å². The maximum atomic E-state index is 12.5. The molecule has 7 heteroatoms. The number of hydrogen-bond donors (Lipinski definition) is 1. The van der Waals surface area contributed by atoms with E-state index in [-0.39, 0.29) is 18.1 Å². The molecular formula is C27H24N4O2S. The number of benzene rings is 2. The molecule has 0 saturated carbocycles. The summed E-state index contributed by atoms with van der Waals surface area (Å²) >= 11 is 5.82. The molecule has 3 heterocycles. The third-order valence-electron chi connectivity index (χ3n) is 6.05. The average Bonchev–Trinajstić information content (AvgIpc) is 3.49. The van der Waals surface area contributed by atoms with Gasteiger partial charge in [-0.25, -0.2) is 4.79 Å². The minimum Gasteiger partial charge on any atom is -0.465 e. The number of nitrogens with zero attached hydrogens (tertiary/aromatic N) is 3. The van der Waals surface area contributed by atoms with Crippen molar-refractivity contribution < 1.29 is 9.53 Å². The number of nitrogens with one attached hydrogen (secondary N) is 1. The zero-order valence-corrected chi connectivity index (χ0v) is 19.5. The van der Waals surface area contributed by atoms with Gasteiger partial charge in [-0.2, -0.15) is 0 Å². The van der Waals surface area contributed by atoms with Crippen LogP contribution in [0.2, 0.25) is 0 Å². The van der Waals surface area contributed by atoms with Crippen LogP contribution in [0.1, 0.15) is 39.4 Å². The van der Waals surface area contributed by atoms with Crippen LogP contribution in [0, 0.1) is 0 Å². The van der Waals surface area contributed by atoms with Crippen molar-refractivity contribution in [2.45, 2.75) is 18.6 Å². The van der Waals surface area contributed by atoms with Gasteiger partial charge in [0.25, 0.3) is 0 Å². The molecule has 2 atom stereocenters. The van der Waals surface area contributed by atoms with Crippen molar-refractivity contribution in [3.63, 3.8) is 0 Å². The van der Waals surface area contributed by atoms with Crippen LogP contribution in [0.3, 0.4) is 0 Å². The summed E-state index contributed by atoms with van der Waals surface area (Å²) in [5.74, 6) is -0.377. The fourth-order valence-electron chi connectivity index (χ4n) is 4.50. The molecule has 0 spiro atoms. The van der Waals surface area contributed by atoms with Crippen molar-refractivity contribution in [2.75, 3.05) is 7.11 Å². The Kier molecular flexibility index (Phi) is 6.10. The quantitative estimate of drug-likeness (QED) is 0.323. The molecule has 1 N–H and O–H groups in total. The average molecular weight is 469 g/mol. The highest BCUT2D eigenvalue weighted by Gasteiger charge is 2.41. The van der Waals surface area contributed by atoms with Crippen molar-refractivity contribution in [3.8, 4) is 5.69 Å². The van der Waals surface area contributed by atoms with Gasteiger partial charge < -0.3 is 19.5 Å². The van der Waals surface area contributed by atoms with Gasteiger partial charge in [0.05, 0.1) is 36.1 Å². The Hall–Kier alpha value is -3.97. The number of rotatable bonds is 6. The van der Waals surface area contributed by atoms with Gasteiger partial charge in [0.2, 0.25) is 0 Å². The number of pyridine rings is 1. The first-order chi connectivity index (χ1) is 16.7. The second-order valence-corrected chi connectivity index (χ2v) is 8.44. The number of aromatic nitrogens is 2. The van der Waals surface area contributed by atoms with E-state index in [4.69, 9.17) is 17.0 Å². The molecule has 0 amide bonds. The molecular weight excluding hydrogens is 444 g/mol. The number of hydrogen-bond acceptors (Lipinski definition) is 4. The number of carbonyl (C=O) groups is 1. The summed E-state index contributed by atoms with van der Waals surface area (Å²) in [5, 5.41) is 4.16. The molecule has 0 radical (unpaired) electrons. The minimum atomic E-state index is -0.377. The van der Waals surface area contributed by atoms with Crippen LogP contribution in [-0.4, -0.2) is 32.6 Å². The van der Waals surface area contributed by atoms with E-state index in [1.165, 1.54) is 7.11 Å². The van der Waals surface area contributed by atoms with E-state index in [1.807, 2.05) is 71.4 Å². The van der Waals surface area contributed by atoms with Crippen molar-refractivity contribution in [1.82, 2.24) is 19.8 Å². The van der Waals surface area contributed by atoms with Gasteiger partial charge in [0.15, 0.2) is 5.11 Å². The summed E-state index contributed by atoms with van der Waals surface area (Å²) < 4.78 is 7.08. The van der Waals surface area contributed by atoms with Crippen LogP contribution < -0.4 is 5.32 Å². The van der Waals surface area contributed by atoms with Crippen LogP contribution in [0.4, 0.5) is 0 Å². The van der Waals surface area contributed by atoms with Gasteiger partial charge in [-0.05, 0) is 54.2 Å². The van der Waals surface area contributed by atoms with Crippen LogP contribution >= 0.6 is 12.2 Å². The Morgan fingerprint density at radius 2 is 1.76 bits per heavy atom. The highest BCUT2D eigenvalue weighted by molar-refractivity contribution is 7.80. The number of para-hydroxylation sites is 1. The second-order valence-electron chi connectivity index (χ2n) is 8.05. The van der Waals surface area contributed by atoms with Crippen molar-refractivity contribution in [3.05, 3.63) is 120 Å². The predicted molar refractivity (Wildman–Crippen MR) is 135 cm³/mol. The van der Waals surface area contributed by atoms with Crippen molar-refractivity contribution >= 4 is 23.3 Å². The van der Waals surface area contributed by atoms with E-state index in [0.717, 1.165) is 22.6 Å². The van der Waals surface area contributed by atoms with E-state index in [0.29, 0.717) is 17.2 Å². The molecule has 6 nitrogen and oxygen atoms in total. The Labute approximate surface area is 203 Å². The van der Waals surface area contributed by atoms with Gasteiger partial charge >= 0.3 is 5.97 Å². The third-order valence-corrected chi connectivity index (χ3v) is 6.40. The van der Waals surface area contributed by atoms with E-state index in [1.54, 1.807) is 12.3 Å². The Bertz CT molecular complexity index is 1310. The number of ether oxygens (including phenoxy) is 1. The summed E-state index contributed by atoms with van der Waals surface area (Å²) in [7, 11) is 1.40. The van der Waals surface area contributed by atoms with Gasteiger partial charge in [-0.1, -0.05) is 48.5 Å². The first kappa shape index (κ1) is 21.9. The molecule has 1 aliphatic heterocycles. The zero-order valence-electron chi connectivity index (χ0n) is 18.7. The molecule has 4 aromatic rings. The van der Waals surface area contributed by atoms with Gasteiger partial charge in [-0.15, -0.1) is 0 Å². The molecule has 34 heavy (non-hydrogen) atoms. The molecule has 5 rings (SSSR count). The lowest BCUT2D eigenvalue weighted by Crippen LogP contribution is -2.30. The standard InChI is InChI=1S/C27H24N4O2S/c1-33-26(32)20-12-5-6-14-22(20)30-17-9-15-23(30)25-24(21-13-7-8-16-28-21)29-27(34)31(25)18-19-10-3-2-4-11-19/h2-17,24-25H,18H2,1H3,(H,29,34)/t24-,25-/m0/s1. The smallest absolute Gasteiger partial charge is 0.339 e. The zero-order chi connectivity index (χ0) is 23.5. The fourth-order valence-corrected chi connectivity index (χ4v) is 4.80. The molecule has 1 fully saturated rings. The predicted octanol–water partition coefficient (Wildman–Crippen LogP) is 4.83. The normalized spacial score (nSPS) is 17.4. The first-order valence-corrected chi connectivity index (χ1v) is 11.4. The lowest BCUT2D eigenvalue weighted by atomic mass is 10.0. The largest absolute Gasteiger partial charge is 0.465 e. The monoisotopic (exact) mass is 468 g/mol. The maximum Gasteiger partial charge on any atom is 0.339 e. The molecule has 170 valence electrons. The maximum absolute atomic E-state index is 12.5. The number of methoxy groups -OCH3 is 1. The molecule has 0 unspecified atom stereocenters. The third kappa shape index (κ3) is 4.06. The van der Waals surface area contributed by atoms with Crippen LogP contribution in [-0.2, 0) is 11.3 Å². The summed E-state index contributed by atoms with van der Waals surface area (Å²) in [6.45, 7) is 0.643. The Morgan fingerprint density at radius 3 is 2.53 bits per heavy atom. The summed E-state index contributed by atoms with van der Waals surface area (Å²) in [6.07, 6.45) is 3.76. The van der Waals surface area contributed by atoms with Crippen LogP contribution in [0.25, 0.3) is 5.69 Å². The molecule has 0 bridgehead atoms. The fraction of sp³-hybridized carbons (Fsp3) is 0.148. The molecule has 2 aromatic carbocycles. The number of carbonyl (C=O) groups excluding carboxylic acids is 1. The number of esters is 1. The van der Waals surface area contributed by atoms with Gasteiger partial charge in [-0.3, -0.25) is 4.98 Å². The summed E-state index contributed by atoms with van der Waals surface area (Å²) in [5.41, 5.74) is 4.31. The second kappa shape index (κ2) is 9.49. The Balaban J connectivity index is 1.63. The van der Waals surface area contributed by atoms with Crippen LogP contribution in [0.15, 0.2) is 97.3 Å². The highest BCUT2D eigenvalue weighted by Crippen LogP contribution is 2.40. The van der Waals surface area contributed by atoms with Crippen molar-refractivity contribution in [2.24, 2.45) is 0 Å². The van der Waals surface area contributed by atoms with Gasteiger partial charge in [0, 0.05) is 24.6 Å². The Morgan fingerprint density at radius 1 is 1.00 bits per heavy atom. The van der Waals surface area contributed by atoms with E-state index < -0.39 is 0 Å². The van der Waals surface area contributed by atoms with Crippen molar-refractivity contribution in [1.29, 1.82) is 0 Å². The highest BCUT2D eigenvalue weighted by atomic mass is 32.1. The summed E-state index contributed by atoms with van der Waals surface area (Å²) in [6, 6.07) is 27.4. The molecule has 2 aromatic heterocycles. The minimum absolute atomic E-state index is 0.150. The van der Waals surface area contributed by atoms with E-state index in [9.17, 15) is 4.79 Å². The lowest BCUT2D eigenvalue weighted by Gasteiger charge is -2.29. The topological polar surface area (TPSA) is 59.4 Å². The number of thiocarbonyl (C=S) groups is 1. The van der Waals surface area contributed by atoms with E-state index in [2.05, 4.69) is 33.4 Å². The molecule has 0 aliphatic carbocycles.